The molecule has 0 bridgehead atoms. The summed E-state index contributed by atoms with van der Waals surface area (Å²) in [6.07, 6.45) is 0.0438. The van der Waals surface area contributed by atoms with Gasteiger partial charge in [0.2, 0.25) is 0 Å². The van der Waals surface area contributed by atoms with Crippen LogP contribution in [-0.4, -0.2) is 65.1 Å². The van der Waals surface area contributed by atoms with E-state index in [0.29, 0.717) is 12.8 Å². The van der Waals surface area contributed by atoms with Crippen molar-refractivity contribution in [2.75, 3.05) is 20.2 Å². The van der Waals surface area contributed by atoms with Gasteiger partial charge < -0.3 is 25.2 Å². The highest BCUT2D eigenvalue weighted by Crippen LogP contribution is 2.19. The van der Waals surface area contributed by atoms with Crippen LogP contribution in [0.5, 0.6) is 0 Å². The highest BCUT2D eigenvalue weighted by Gasteiger charge is 2.32. The second kappa shape index (κ2) is 6.21. The molecule has 1 saturated heterocycles. The molecule has 1 heterocycles. The maximum absolute atomic E-state index is 11.9. The third-order valence-corrected chi connectivity index (χ3v) is 3.46. The van der Waals surface area contributed by atoms with Crippen molar-refractivity contribution in [3.8, 4) is 0 Å². The smallest absolute Gasteiger partial charge is 0.332 e. The molecule has 0 aromatic carbocycles. The van der Waals surface area contributed by atoms with E-state index in [2.05, 4.69) is 5.32 Å². The van der Waals surface area contributed by atoms with Crippen LogP contribution in [0.2, 0.25) is 0 Å². The number of hydrogen-bond acceptors (Lipinski definition) is 4. The lowest BCUT2D eigenvalue weighted by atomic mass is 10.1. The van der Waals surface area contributed by atoms with E-state index in [4.69, 9.17) is 9.84 Å². The Balaban J connectivity index is 2.37. The van der Waals surface area contributed by atoms with Gasteiger partial charge in [-0.15, -0.1) is 0 Å². The van der Waals surface area contributed by atoms with E-state index in [1.54, 1.807) is 20.9 Å². The van der Waals surface area contributed by atoms with Gasteiger partial charge >= 0.3 is 12.0 Å². The van der Waals surface area contributed by atoms with Crippen LogP contribution in [-0.2, 0) is 9.53 Å². The number of amides is 2. The Morgan fingerprint density at radius 2 is 2.05 bits per heavy atom. The molecule has 1 aliphatic rings. The van der Waals surface area contributed by atoms with Crippen LogP contribution < -0.4 is 5.32 Å². The quantitative estimate of drug-likeness (QED) is 0.657. The number of hydrogen-bond donors (Lipinski definition) is 3. The van der Waals surface area contributed by atoms with Crippen molar-refractivity contribution in [2.24, 2.45) is 0 Å². The predicted octanol–water partition coefficient (Wildman–Crippen LogP) is 0.0309. The molecule has 0 radical (unpaired) electrons. The number of aliphatic hydroxyl groups is 1. The number of aliphatic carboxylic acids is 1. The molecule has 0 aromatic rings. The van der Waals surface area contributed by atoms with Crippen LogP contribution in [0.25, 0.3) is 0 Å². The van der Waals surface area contributed by atoms with Crippen LogP contribution in [0.15, 0.2) is 0 Å². The minimum absolute atomic E-state index is 0.141. The summed E-state index contributed by atoms with van der Waals surface area (Å²) < 4.78 is 5.28. The third kappa shape index (κ3) is 4.07. The van der Waals surface area contributed by atoms with Gasteiger partial charge in [-0.3, -0.25) is 0 Å². The van der Waals surface area contributed by atoms with E-state index in [-0.39, 0.29) is 25.3 Å². The van der Waals surface area contributed by atoms with Crippen molar-refractivity contribution in [3.05, 3.63) is 0 Å². The molecule has 1 rings (SSSR count). The van der Waals surface area contributed by atoms with Crippen LogP contribution in [0, 0.1) is 0 Å². The average molecular weight is 274 g/mol. The fraction of sp³-hybridized carbons (Fsp3) is 0.833. The number of aliphatic hydroxyl groups excluding tert-OH is 1. The lowest BCUT2D eigenvalue weighted by molar-refractivity contribution is -0.149. The van der Waals surface area contributed by atoms with Crippen LogP contribution in [0.4, 0.5) is 4.79 Å². The first-order valence-electron chi connectivity index (χ1n) is 6.28. The molecule has 1 aliphatic heterocycles. The molecular formula is C12H22N2O5. The number of carboxylic acids is 1. The number of nitrogens with zero attached hydrogens (tertiary/aromatic N) is 1. The molecular weight excluding hydrogens is 252 g/mol. The van der Waals surface area contributed by atoms with Crippen molar-refractivity contribution in [2.45, 2.75) is 44.4 Å². The molecule has 1 fully saturated rings. The summed E-state index contributed by atoms with van der Waals surface area (Å²) in [5.74, 6) is -0.965. The Kier molecular flexibility index (Phi) is 5.13. The fourth-order valence-corrected chi connectivity index (χ4v) is 1.74. The summed E-state index contributed by atoms with van der Waals surface area (Å²) in [6.45, 7) is 3.63. The second-order valence-electron chi connectivity index (χ2n) is 5.38. The number of nitrogens with one attached hydrogen (secondary N) is 1. The van der Waals surface area contributed by atoms with E-state index < -0.39 is 17.6 Å². The molecule has 2 unspecified atom stereocenters. The van der Waals surface area contributed by atoms with Crippen molar-refractivity contribution in [1.82, 2.24) is 10.2 Å². The highest BCUT2D eigenvalue weighted by atomic mass is 16.5. The lowest BCUT2D eigenvalue weighted by Crippen LogP contribution is -2.52. The van der Waals surface area contributed by atoms with Crippen LogP contribution in [0.3, 0.4) is 0 Å². The Labute approximate surface area is 112 Å². The zero-order valence-corrected chi connectivity index (χ0v) is 11.5. The summed E-state index contributed by atoms with van der Waals surface area (Å²) in [7, 11) is 1.60. The Bertz CT molecular complexity index is 345. The second-order valence-corrected chi connectivity index (χ2v) is 5.38. The normalized spacial score (nSPS) is 23.2. The molecule has 2 atom stereocenters. The number of carboxylic acid groups (broad SMARTS) is 1. The maximum atomic E-state index is 11.9. The topological polar surface area (TPSA) is 99.1 Å². The molecule has 7 heteroatoms. The Hall–Kier alpha value is -1.34. The van der Waals surface area contributed by atoms with Crippen LogP contribution >= 0.6 is 0 Å². The first-order chi connectivity index (χ1) is 8.77. The monoisotopic (exact) mass is 274 g/mol. The summed E-state index contributed by atoms with van der Waals surface area (Å²) in [5, 5.41) is 20.6. The summed E-state index contributed by atoms with van der Waals surface area (Å²) >= 11 is 0. The Morgan fingerprint density at radius 3 is 2.53 bits per heavy atom. The van der Waals surface area contributed by atoms with Gasteiger partial charge in [-0.05, 0) is 26.7 Å². The molecule has 0 saturated carbocycles. The fourth-order valence-electron chi connectivity index (χ4n) is 1.74. The van der Waals surface area contributed by atoms with Crippen molar-refractivity contribution < 1.29 is 24.5 Å². The molecule has 0 aromatic heterocycles. The number of carbonyl (C=O) groups excluding carboxylic acids is 1. The zero-order chi connectivity index (χ0) is 14.6. The van der Waals surface area contributed by atoms with Gasteiger partial charge in [0.25, 0.3) is 0 Å². The van der Waals surface area contributed by atoms with Crippen molar-refractivity contribution in [1.29, 1.82) is 0 Å². The lowest BCUT2D eigenvalue weighted by Gasteiger charge is -2.34. The third-order valence-electron chi connectivity index (χ3n) is 3.46. The molecule has 3 N–H and O–H groups in total. The minimum atomic E-state index is -0.965. The highest BCUT2D eigenvalue weighted by molar-refractivity contribution is 5.75. The van der Waals surface area contributed by atoms with E-state index >= 15 is 0 Å². The van der Waals surface area contributed by atoms with Gasteiger partial charge in [-0.25, -0.2) is 9.59 Å². The summed E-state index contributed by atoms with van der Waals surface area (Å²) in [6, 6.07) is -0.318. The number of ether oxygens (including phenoxy) is 1. The van der Waals surface area contributed by atoms with E-state index in [1.165, 1.54) is 4.90 Å². The largest absolute Gasteiger partial charge is 0.479 e. The first kappa shape index (κ1) is 15.7. The van der Waals surface area contributed by atoms with Gasteiger partial charge in [0.05, 0.1) is 18.2 Å². The summed E-state index contributed by atoms with van der Waals surface area (Å²) in [4.78, 5) is 24.0. The summed E-state index contributed by atoms with van der Waals surface area (Å²) in [5.41, 5.74) is -0.649. The number of likely N-dealkylation sites (N-methyl/N-ethyl adjacent to an activating group) is 1. The molecule has 7 nitrogen and oxygen atoms in total. The predicted molar refractivity (Wildman–Crippen MR) is 67.9 cm³/mol. The first-order valence-corrected chi connectivity index (χ1v) is 6.28. The molecule has 0 aliphatic carbocycles. The van der Waals surface area contributed by atoms with Gasteiger partial charge in [0.15, 0.2) is 6.10 Å². The van der Waals surface area contributed by atoms with E-state index in [0.717, 1.165) is 0 Å². The van der Waals surface area contributed by atoms with Crippen molar-refractivity contribution in [3.63, 3.8) is 0 Å². The Morgan fingerprint density at radius 1 is 1.42 bits per heavy atom. The zero-order valence-electron chi connectivity index (χ0n) is 11.5. The number of rotatable bonds is 5. The van der Waals surface area contributed by atoms with Gasteiger partial charge in [0, 0.05) is 13.6 Å². The van der Waals surface area contributed by atoms with E-state index in [9.17, 15) is 14.7 Å². The van der Waals surface area contributed by atoms with Gasteiger partial charge in [0.1, 0.15) is 0 Å². The van der Waals surface area contributed by atoms with Crippen molar-refractivity contribution >= 4 is 12.0 Å². The number of carbonyl (C=O) groups is 2. The van der Waals surface area contributed by atoms with E-state index in [1.807, 2.05) is 0 Å². The molecule has 110 valence electrons. The average Bonchev–Trinajstić information content (AvgIpc) is 2.83. The van der Waals surface area contributed by atoms with Gasteiger partial charge in [-0.1, -0.05) is 0 Å². The number of urea groups is 1. The van der Waals surface area contributed by atoms with Gasteiger partial charge in [-0.2, -0.15) is 0 Å². The minimum Gasteiger partial charge on any atom is -0.479 e. The standard InChI is InChI=1S/C12H22N2O5/c1-12(2,7-15)14(3)11(18)13-6-8-4-5-9(19-8)10(16)17/h8-9,15H,4-7H2,1-3H3,(H,13,18)(H,16,17). The van der Waals surface area contributed by atoms with Crippen LogP contribution in [0.1, 0.15) is 26.7 Å². The molecule has 2 amide bonds. The molecule has 0 spiro atoms. The SMILES string of the molecule is CN(C(=O)NCC1CCC(C(=O)O)O1)C(C)(C)CO. The molecule has 19 heavy (non-hydrogen) atoms. The maximum Gasteiger partial charge on any atom is 0.332 e.